The monoisotopic (exact) mass is 396 g/mol. The van der Waals surface area contributed by atoms with E-state index in [9.17, 15) is 0 Å². The van der Waals surface area contributed by atoms with Crippen molar-refractivity contribution in [3.8, 4) is 0 Å². The highest BCUT2D eigenvalue weighted by molar-refractivity contribution is 8.18. The summed E-state index contributed by atoms with van der Waals surface area (Å²) in [4.78, 5) is 6.73. The first-order valence-electron chi connectivity index (χ1n) is 9.50. The van der Waals surface area contributed by atoms with E-state index in [1.165, 1.54) is 26.7 Å². The van der Waals surface area contributed by atoms with Gasteiger partial charge in [0.2, 0.25) is 0 Å². The summed E-state index contributed by atoms with van der Waals surface area (Å²) in [5.41, 5.74) is 3.62. The van der Waals surface area contributed by atoms with Gasteiger partial charge in [0.05, 0.1) is 17.9 Å². The second-order valence-electron chi connectivity index (χ2n) is 6.69. The molecule has 5 rings (SSSR count). The standard InChI is InChI=1S/C24H20N4S/c1-4-10-20(11-5-1)24-16-22(17-27-19-25-18-26-27)28(21-12-6-2-7-13-21)29(24)23-14-8-3-9-15-23/h1-16,18-19H,17H2. The Bertz CT molecular complexity index is 1150. The molecule has 0 N–H and O–H groups in total. The van der Waals surface area contributed by atoms with E-state index in [0.717, 1.165) is 0 Å². The van der Waals surface area contributed by atoms with Crippen molar-refractivity contribution in [1.82, 2.24) is 14.8 Å². The Balaban J connectivity index is 1.71. The first kappa shape index (κ1) is 17.6. The predicted molar refractivity (Wildman–Crippen MR) is 120 cm³/mol. The number of allylic oxidation sites excluding steroid dienone is 2. The lowest BCUT2D eigenvalue weighted by Crippen LogP contribution is -2.18. The molecule has 3 aromatic carbocycles. The maximum atomic E-state index is 4.34. The fourth-order valence-corrected chi connectivity index (χ4v) is 5.85. The van der Waals surface area contributed by atoms with Gasteiger partial charge in [0.1, 0.15) is 12.7 Å². The van der Waals surface area contributed by atoms with Crippen LogP contribution < -0.4 is 4.31 Å². The summed E-state index contributed by atoms with van der Waals surface area (Å²) >= 11 is 0. The highest BCUT2D eigenvalue weighted by atomic mass is 32.2. The first-order valence-corrected chi connectivity index (χ1v) is 10.7. The van der Waals surface area contributed by atoms with Gasteiger partial charge >= 0.3 is 0 Å². The second kappa shape index (κ2) is 7.89. The molecule has 0 amide bonds. The molecule has 1 aromatic heterocycles. The molecular weight excluding hydrogens is 376 g/mol. The van der Waals surface area contributed by atoms with Crippen LogP contribution in [0, 0.1) is 0 Å². The molecule has 0 bridgehead atoms. The highest BCUT2D eigenvalue weighted by Crippen LogP contribution is 2.45. The molecule has 0 saturated heterocycles. The van der Waals surface area contributed by atoms with Crippen molar-refractivity contribution in [3.63, 3.8) is 0 Å². The smallest absolute Gasteiger partial charge is 0.137 e. The molecule has 5 heteroatoms. The molecule has 29 heavy (non-hydrogen) atoms. The number of anilines is 1. The molecule has 1 aliphatic heterocycles. The number of benzene rings is 3. The van der Waals surface area contributed by atoms with Crippen molar-refractivity contribution in [2.45, 2.75) is 11.4 Å². The van der Waals surface area contributed by atoms with Crippen LogP contribution in [0.1, 0.15) is 5.56 Å². The molecule has 0 spiro atoms. The summed E-state index contributed by atoms with van der Waals surface area (Å²) in [6.07, 6.45) is 5.67. The van der Waals surface area contributed by atoms with Gasteiger partial charge in [-0.3, -0.25) is 4.31 Å². The van der Waals surface area contributed by atoms with E-state index in [1.807, 2.05) is 4.68 Å². The van der Waals surface area contributed by atoms with Gasteiger partial charge in [-0.2, -0.15) is 5.10 Å². The fraction of sp³-hybridized carbons (Fsp3) is 0.0417. The first-order chi connectivity index (χ1) is 14.4. The Kier molecular flexibility index (Phi) is 4.80. The number of hydrogen-bond acceptors (Lipinski definition) is 3. The quantitative estimate of drug-likeness (QED) is 0.438. The Morgan fingerprint density at radius 3 is 2.07 bits per heavy atom. The number of aromatic nitrogens is 3. The SMILES string of the molecule is C1=C(Cn2cncn2)N(c2ccccc2)S(c2ccccc2)=C1c1ccccc1. The fourth-order valence-electron chi connectivity index (χ4n) is 3.49. The van der Waals surface area contributed by atoms with Gasteiger partial charge in [0.25, 0.3) is 0 Å². The minimum absolute atomic E-state index is 0.264. The van der Waals surface area contributed by atoms with Crippen LogP contribution in [0.5, 0.6) is 0 Å². The summed E-state index contributed by atoms with van der Waals surface area (Å²) in [5.74, 6) is 0. The molecule has 4 nitrogen and oxygen atoms in total. The van der Waals surface area contributed by atoms with Crippen molar-refractivity contribution in [3.05, 3.63) is 121 Å². The van der Waals surface area contributed by atoms with Gasteiger partial charge in [-0.25, -0.2) is 9.67 Å². The van der Waals surface area contributed by atoms with Crippen molar-refractivity contribution in [2.24, 2.45) is 0 Å². The van der Waals surface area contributed by atoms with E-state index in [0.29, 0.717) is 6.54 Å². The van der Waals surface area contributed by atoms with Gasteiger partial charge < -0.3 is 0 Å². The molecule has 1 unspecified atom stereocenters. The topological polar surface area (TPSA) is 34.0 Å². The lowest BCUT2D eigenvalue weighted by molar-refractivity contribution is 0.672. The third-order valence-electron chi connectivity index (χ3n) is 4.76. The summed E-state index contributed by atoms with van der Waals surface area (Å²) in [6.45, 7) is 0.668. The van der Waals surface area contributed by atoms with E-state index in [1.54, 1.807) is 12.7 Å². The van der Waals surface area contributed by atoms with Crippen LogP contribution in [-0.2, 0) is 6.54 Å². The zero-order valence-corrected chi connectivity index (χ0v) is 16.6. The van der Waals surface area contributed by atoms with Gasteiger partial charge in [0.15, 0.2) is 0 Å². The van der Waals surface area contributed by atoms with E-state index in [-0.39, 0.29) is 10.7 Å². The third kappa shape index (κ3) is 3.52. The Labute approximate surface area is 172 Å². The Morgan fingerprint density at radius 1 is 0.759 bits per heavy atom. The van der Waals surface area contributed by atoms with Crippen molar-refractivity contribution < 1.29 is 0 Å². The van der Waals surface area contributed by atoms with E-state index in [2.05, 4.69) is 111 Å². The highest BCUT2D eigenvalue weighted by Gasteiger charge is 2.27. The van der Waals surface area contributed by atoms with Crippen molar-refractivity contribution in [2.75, 3.05) is 4.31 Å². The maximum absolute atomic E-state index is 4.34. The number of nitrogens with zero attached hydrogens (tertiary/aromatic N) is 4. The van der Waals surface area contributed by atoms with Crippen LogP contribution in [-0.4, -0.2) is 19.6 Å². The summed E-state index contributed by atoms with van der Waals surface area (Å²) in [5, 5.41) is 4.34. The van der Waals surface area contributed by atoms with Crippen LogP contribution in [0.4, 0.5) is 5.69 Å². The molecule has 0 fully saturated rings. The summed E-state index contributed by atoms with van der Waals surface area (Å²) < 4.78 is 4.32. The minimum Gasteiger partial charge on any atom is -0.288 e. The lowest BCUT2D eigenvalue weighted by atomic mass is 10.1. The third-order valence-corrected chi connectivity index (χ3v) is 7.05. The summed E-state index contributed by atoms with van der Waals surface area (Å²) in [6, 6.07) is 32.0. The van der Waals surface area contributed by atoms with Gasteiger partial charge in [-0.1, -0.05) is 66.7 Å². The van der Waals surface area contributed by atoms with E-state index < -0.39 is 0 Å². The van der Waals surface area contributed by atoms with Crippen LogP contribution in [0.15, 0.2) is 120 Å². The van der Waals surface area contributed by atoms with Gasteiger partial charge in [-0.15, -0.1) is 0 Å². The molecule has 2 heterocycles. The Hall–Kier alpha value is -3.44. The molecule has 4 aromatic rings. The maximum Gasteiger partial charge on any atom is 0.137 e. The molecular formula is C24H20N4S. The molecule has 142 valence electrons. The largest absolute Gasteiger partial charge is 0.288 e. The number of para-hydroxylation sites is 1. The number of rotatable bonds is 5. The molecule has 1 aliphatic rings. The zero-order chi connectivity index (χ0) is 19.5. The summed E-state index contributed by atoms with van der Waals surface area (Å²) in [7, 11) is -0.264. The van der Waals surface area contributed by atoms with Crippen LogP contribution in [0.2, 0.25) is 0 Å². The molecule has 0 saturated carbocycles. The molecule has 0 radical (unpaired) electrons. The Morgan fingerprint density at radius 2 is 1.41 bits per heavy atom. The number of hydrogen-bond donors (Lipinski definition) is 0. The normalized spacial score (nSPS) is 16.1. The average molecular weight is 397 g/mol. The lowest BCUT2D eigenvalue weighted by Gasteiger charge is -2.28. The minimum atomic E-state index is -0.264. The molecule has 0 aliphatic carbocycles. The van der Waals surface area contributed by atoms with Gasteiger partial charge in [0, 0.05) is 9.76 Å². The van der Waals surface area contributed by atoms with E-state index >= 15 is 0 Å². The zero-order valence-electron chi connectivity index (χ0n) is 15.8. The predicted octanol–water partition coefficient (Wildman–Crippen LogP) is 5.15. The van der Waals surface area contributed by atoms with Crippen LogP contribution in [0.3, 0.4) is 0 Å². The van der Waals surface area contributed by atoms with Crippen molar-refractivity contribution in [1.29, 1.82) is 0 Å². The second-order valence-corrected chi connectivity index (χ2v) is 8.53. The molecule has 1 atom stereocenters. The van der Waals surface area contributed by atoms with Crippen molar-refractivity contribution >= 4 is 21.2 Å². The van der Waals surface area contributed by atoms with Gasteiger partial charge in [-0.05, 0) is 46.6 Å². The van der Waals surface area contributed by atoms with Crippen LogP contribution >= 0.6 is 10.7 Å². The average Bonchev–Trinajstić information content (AvgIpc) is 3.44. The van der Waals surface area contributed by atoms with Crippen LogP contribution in [0.25, 0.3) is 0 Å². The van der Waals surface area contributed by atoms with E-state index in [4.69, 9.17) is 0 Å².